The molecule has 4 nitrogen and oxygen atoms in total. The molecule has 1 atom stereocenters. The summed E-state index contributed by atoms with van der Waals surface area (Å²) in [5.74, 6) is -0.256. The van der Waals surface area contributed by atoms with Gasteiger partial charge in [0.05, 0.1) is 6.04 Å². The minimum absolute atomic E-state index is 0.0357. The van der Waals surface area contributed by atoms with E-state index in [4.69, 9.17) is 0 Å². The van der Waals surface area contributed by atoms with Gasteiger partial charge in [-0.2, -0.15) is 0 Å². The van der Waals surface area contributed by atoms with E-state index in [1.54, 1.807) is 24.1 Å². The van der Waals surface area contributed by atoms with Crippen LogP contribution in [0.2, 0.25) is 0 Å². The van der Waals surface area contributed by atoms with Crippen molar-refractivity contribution in [1.29, 1.82) is 0 Å². The van der Waals surface area contributed by atoms with Crippen molar-refractivity contribution in [2.24, 2.45) is 0 Å². The molecule has 0 spiro atoms. The van der Waals surface area contributed by atoms with Gasteiger partial charge in [-0.25, -0.2) is 4.39 Å². The third-order valence-electron chi connectivity index (χ3n) is 3.60. The van der Waals surface area contributed by atoms with E-state index in [2.05, 4.69) is 10.2 Å². The second-order valence-corrected chi connectivity index (χ2v) is 4.84. The molecule has 1 heterocycles. The fraction of sp³-hybridized carbons (Fsp3) is 0.500. The van der Waals surface area contributed by atoms with Crippen LogP contribution in [0.3, 0.4) is 0 Å². The van der Waals surface area contributed by atoms with Crippen molar-refractivity contribution in [2.75, 3.05) is 38.1 Å². The molecule has 5 heteroatoms. The van der Waals surface area contributed by atoms with E-state index < -0.39 is 0 Å². The van der Waals surface area contributed by atoms with Crippen LogP contribution in [-0.2, 0) is 4.79 Å². The molecule has 1 unspecified atom stereocenters. The van der Waals surface area contributed by atoms with Gasteiger partial charge in [0.2, 0.25) is 5.91 Å². The van der Waals surface area contributed by atoms with Crippen molar-refractivity contribution in [2.45, 2.75) is 13.0 Å². The van der Waals surface area contributed by atoms with Crippen LogP contribution in [0.15, 0.2) is 24.3 Å². The zero-order valence-electron chi connectivity index (χ0n) is 11.4. The van der Waals surface area contributed by atoms with E-state index in [0.29, 0.717) is 5.69 Å². The summed E-state index contributed by atoms with van der Waals surface area (Å²) in [5.41, 5.74) is 0.716. The summed E-state index contributed by atoms with van der Waals surface area (Å²) in [4.78, 5) is 16.2. The van der Waals surface area contributed by atoms with Crippen LogP contribution < -0.4 is 10.2 Å². The third-order valence-corrected chi connectivity index (χ3v) is 3.60. The van der Waals surface area contributed by atoms with Crippen LogP contribution in [0, 0.1) is 5.82 Å². The number of carbonyl (C=O) groups is 1. The van der Waals surface area contributed by atoms with Gasteiger partial charge in [-0.15, -0.1) is 0 Å². The summed E-state index contributed by atoms with van der Waals surface area (Å²) < 4.78 is 12.9. The Morgan fingerprint density at radius 2 is 1.89 bits per heavy atom. The standard InChI is InChI=1S/C14H20FN3O/c1-11(18-9-7-16-8-10-18)14(19)17(2)13-5-3-12(15)4-6-13/h3-6,11,16H,7-10H2,1-2H3. The van der Waals surface area contributed by atoms with Gasteiger partial charge < -0.3 is 10.2 Å². The number of carbonyl (C=O) groups excluding carboxylic acids is 1. The van der Waals surface area contributed by atoms with Gasteiger partial charge in [-0.1, -0.05) is 0 Å². The number of anilines is 1. The number of amides is 1. The molecule has 19 heavy (non-hydrogen) atoms. The van der Waals surface area contributed by atoms with Crippen molar-refractivity contribution >= 4 is 11.6 Å². The highest BCUT2D eigenvalue weighted by molar-refractivity contribution is 5.96. The maximum atomic E-state index is 12.9. The van der Waals surface area contributed by atoms with E-state index >= 15 is 0 Å². The number of hydrogen-bond donors (Lipinski definition) is 1. The fourth-order valence-corrected chi connectivity index (χ4v) is 2.30. The molecule has 1 aromatic carbocycles. The number of halogens is 1. The Morgan fingerprint density at radius 3 is 2.47 bits per heavy atom. The van der Waals surface area contributed by atoms with Crippen LogP contribution in [-0.4, -0.2) is 50.1 Å². The lowest BCUT2D eigenvalue weighted by atomic mass is 10.2. The molecule has 1 N–H and O–H groups in total. The van der Waals surface area contributed by atoms with Gasteiger partial charge >= 0.3 is 0 Å². The average Bonchev–Trinajstić information content (AvgIpc) is 2.46. The molecule has 0 bridgehead atoms. The molecule has 0 aromatic heterocycles. The Balaban J connectivity index is 2.03. The van der Waals surface area contributed by atoms with Crippen LogP contribution >= 0.6 is 0 Å². The zero-order chi connectivity index (χ0) is 13.8. The van der Waals surface area contributed by atoms with Crippen molar-refractivity contribution in [1.82, 2.24) is 10.2 Å². The van der Waals surface area contributed by atoms with E-state index in [0.717, 1.165) is 26.2 Å². The number of nitrogens with one attached hydrogen (secondary N) is 1. The van der Waals surface area contributed by atoms with Gasteiger partial charge in [0.15, 0.2) is 0 Å². The second kappa shape index (κ2) is 6.12. The van der Waals surface area contributed by atoms with Crippen LogP contribution in [0.5, 0.6) is 0 Å². The number of benzene rings is 1. The number of nitrogens with zero attached hydrogens (tertiary/aromatic N) is 2. The maximum Gasteiger partial charge on any atom is 0.243 e. The van der Waals surface area contributed by atoms with E-state index in [9.17, 15) is 9.18 Å². The van der Waals surface area contributed by atoms with E-state index in [1.165, 1.54) is 12.1 Å². The second-order valence-electron chi connectivity index (χ2n) is 4.84. The summed E-state index contributed by atoms with van der Waals surface area (Å²) in [5, 5.41) is 3.27. The Hall–Kier alpha value is -1.46. The normalized spacial score (nSPS) is 18.1. The number of likely N-dealkylation sites (N-methyl/N-ethyl adjacent to an activating group) is 1. The number of hydrogen-bond acceptors (Lipinski definition) is 3. The first kappa shape index (κ1) is 14.0. The van der Waals surface area contributed by atoms with Crippen molar-refractivity contribution in [3.63, 3.8) is 0 Å². The number of piperazine rings is 1. The first-order chi connectivity index (χ1) is 9.09. The SMILES string of the molecule is CC(C(=O)N(C)c1ccc(F)cc1)N1CCNCC1. The van der Waals surface area contributed by atoms with Crippen LogP contribution in [0.25, 0.3) is 0 Å². The summed E-state index contributed by atoms with van der Waals surface area (Å²) in [7, 11) is 1.73. The van der Waals surface area contributed by atoms with Gasteiger partial charge in [-0.05, 0) is 31.2 Å². The largest absolute Gasteiger partial charge is 0.314 e. The Morgan fingerprint density at radius 1 is 1.32 bits per heavy atom. The van der Waals surface area contributed by atoms with E-state index in [1.807, 2.05) is 6.92 Å². The Bertz CT molecular complexity index is 429. The van der Waals surface area contributed by atoms with Crippen LogP contribution in [0.1, 0.15) is 6.92 Å². The molecule has 1 aliphatic heterocycles. The molecule has 104 valence electrons. The molecular weight excluding hydrogens is 245 g/mol. The molecule has 1 saturated heterocycles. The molecule has 1 fully saturated rings. The first-order valence-electron chi connectivity index (χ1n) is 6.57. The van der Waals surface area contributed by atoms with Crippen molar-refractivity contribution < 1.29 is 9.18 Å². The molecule has 1 amide bonds. The quantitative estimate of drug-likeness (QED) is 0.888. The van der Waals surface area contributed by atoms with Gasteiger partial charge in [-0.3, -0.25) is 9.69 Å². The minimum atomic E-state index is -0.292. The summed E-state index contributed by atoms with van der Waals surface area (Å²) in [6, 6.07) is 5.83. The van der Waals surface area contributed by atoms with Crippen molar-refractivity contribution in [3.8, 4) is 0 Å². The summed E-state index contributed by atoms with van der Waals surface area (Å²) in [6.07, 6.45) is 0. The molecule has 2 rings (SSSR count). The molecule has 0 aliphatic carbocycles. The average molecular weight is 265 g/mol. The molecule has 1 aliphatic rings. The Labute approximate surface area is 113 Å². The van der Waals surface area contributed by atoms with Crippen molar-refractivity contribution in [3.05, 3.63) is 30.1 Å². The maximum absolute atomic E-state index is 12.9. The summed E-state index contributed by atoms with van der Waals surface area (Å²) in [6.45, 7) is 5.51. The topological polar surface area (TPSA) is 35.6 Å². The lowest BCUT2D eigenvalue weighted by molar-refractivity contribution is -0.123. The minimum Gasteiger partial charge on any atom is -0.314 e. The van der Waals surface area contributed by atoms with Gasteiger partial charge in [0.1, 0.15) is 5.82 Å². The van der Waals surface area contributed by atoms with Gasteiger partial charge in [0.25, 0.3) is 0 Å². The highest BCUT2D eigenvalue weighted by Crippen LogP contribution is 2.15. The molecule has 1 aromatic rings. The highest BCUT2D eigenvalue weighted by atomic mass is 19.1. The predicted molar refractivity (Wildman–Crippen MR) is 73.7 cm³/mol. The highest BCUT2D eigenvalue weighted by Gasteiger charge is 2.25. The zero-order valence-corrected chi connectivity index (χ0v) is 11.4. The monoisotopic (exact) mass is 265 g/mol. The Kier molecular flexibility index (Phi) is 4.50. The van der Waals surface area contributed by atoms with Crippen LogP contribution in [0.4, 0.5) is 10.1 Å². The smallest absolute Gasteiger partial charge is 0.243 e. The number of rotatable bonds is 3. The lowest BCUT2D eigenvalue weighted by Gasteiger charge is -2.34. The third kappa shape index (κ3) is 3.30. The molecule has 0 radical (unpaired) electrons. The fourth-order valence-electron chi connectivity index (χ4n) is 2.30. The van der Waals surface area contributed by atoms with E-state index in [-0.39, 0.29) is 17.8 Å². The lowest BCUT2D eigenvalue weighted by Crippen LogP contribution is -2.53. The molecule has 0 saturated carbocycles. The van der Waals surface area contributed by atoms with Gasteiger partial charge in [0, 0.05) is 38.9 Å². The summed E-state index contributed by atoms with van der Waals surface area (Å²) >= 11 is 0. The molecular formula is C14H20FN3O. The first-order valence-corrected chi connectivity index (χ1v) is 6.57. The predicted octanol–water partition coefficient (Wildman–Crippen LogP) is 1.08.